The van der Waals surface area contributed by atoms with Crippen molar-refractivity contribution < 1.29 is 4.79 Å². The Balaban J connectivity index is 1.72. The van der Waals surface area contributed by atoms with Crippen molar-refractivity contribution >= 4 is 34.8 Å². The van der Waals surface area contributed by atoms with Crippen LogP contribution in [0.2, 0.25) is 10.0 Å². The highest BCUT2D eigenvalue weighted by Crippen LogP contribution is 2.55. The predicted octanol–water partition coefficient (Wildman–Crippen LogP) is 6.79. The van der Waals surface area contributed by atoms with Crippen molar-refractivity contribution in [3.05, 3.63) is 73.8 Å². The van der Waals surface area contributed by atoms with E-state index in [0.717, 1.165) is 28.1 Å². The Hall–Kier alpha value is -2.17. The number of nitrogens with zero attached hydrogens (tertiary/aromatic N) is 2. The maximum absolute atomic E-state index is 14.1. The Morgan fingerprint density at radius 3 is 1.78 bits per heavy atom. The van der Waals surface area contributed by atoms with Crippen molar-refractivity contribution in [2.45, 2.75) is 70.9 Å². The first kappa shape index (κ1) is 20.4. The fraction of sp³-hybridized carbons (Fsp3) is 0.423. The van der Waals surface area contributed by atoms with E-state index < -0.39 is 5.41 Å². The van der Waals surface area contributed by atoms with Crippen LogP contribution in [0, 0.1) is 27.7 Å². The number of rotatable bonds is 4. The summed E-state index contributed by atoms with van der Waals surface area (Å²) in [5, 5.41) is 4.16. The summed E-state index contributed by atoms with van der Waals surface area (Å²) in [5.41, 5.74) is 7.32. The highest BCUT2D eigenvalue weighted by atomic mass is 35.5. The molecule has 6 heteroatoms. The van der Waals surface area contributed by atoms with Gasteiger partial charge >= 0.3 is 0 Å². The molecule has 0 unspecified atom stereocenters. The number of hydrogen-bond donors (Lipinski definition) is 1. The summed E-state index contributed by atoms with van der Waals surface area (Å²) in [7, 11) is 0. The minimum absolute atomic E-state index is 0.0521. The first-order valence-corrected chi connectivity index (χ1v) is 12.2. The van der Waals surface area contributed by atoms with Gasteiger partial charge < -0.3 is 14.5 Å². The Kier molecular flexibility index (Phi) is 4.26. The number of halogens is 2. The zero-order valence-electron chi connectivity index (χ0n) is 18.9. The molecule has 4 nitrogen and oxygen atoms in total. The summed E-state index contributed by atoms with van der Waals surface area (Å²) in [4.78, 5) is 14.1. The SMILES string of the molecule is Cc1cc(C2(c3cc(C)n(C4CC4)c3C)C(=O)Nc3c(Cl)cc(Cl)cc32)c(C)n1C1CC1. The van der Waals surface area contributed by atoms with Crippen LogP contribution in [0.4, 0.5) is 5.69 Å². The third kappa shape index (κ3) is 2.60. The molecule has 1 amide bonds. The molecule has 2 saturated carbocycles. The van der Waals surface area contributed by atoms with Crippen LogP contribution >= 0.6 is 23.2 Å². The molecule has 0 saturated heterocycles. The number of fused-ring (bicyclic) bond motifs is 1. The molecule has 0 spiro atoms. The molecule has 0 bridgehead atoms. The van der Waals surface area contributed by atoms with Crippen LogP contribution in [-0.2, 0) is 10.2 Å². The van der Waals surface area contributed by atoms with Crippen LogP contribution in [0.25, 0.3) is 0 Å². The maximum Gasteiger partial charge on any atom is 0.244 e. The van der Waals surface area contributed by atoms with Gasteiger partial charge in [0.25, 0.3) is 0 Å². The molecule has 6 rings (SSSR count). The molecule has 1 aromatic carbocycles. The van der Waals surface area contributed by atoms with E-state index in [-0.39, 0.29) is 5.91 Å². The quantitative estimate of drug-likeness (QED) is 0.450. The Bertz CT molecular complexity index is 1250. The zero-order valence-corrected chi connectivity index (χ0v) is 20.4. The lowest BCUT2D eigenvalue weighted by atomic mass is 9.70. The second-order valence-electron chi connectivity index (χ2n) is 9.79. The third-order valence-corrected chi connectivity index (χ3v) is 8.16. The van der Waals surface area contributed by atoms with Crippen LogP contribution in [0.15, 0.2) is 24.3 Å². The number of aryl methyl sites for hydroxylation is 2. The van der Waals surface area contributed by atoms with Gasteiger partial charge in [0.1, 0.15) is 5.41 Å². The first-order chi connectivity index (χ1) is 15.2. The van der Waals surface area contributed by atoms with E-state index >= 15 is 0 Å². The number of aromatic nitrogens is 2. The smallest absolute Gasteiger partial charge is 0.244 e. The Morgan fingerprint density at radius 2 is 1.31 bits per heavy atom. The molecule has 3 heterocycles. The fourth-order valence-corrected chi connectivity index (χ4v) is 6.65. The monoisotopic (exact) mass is 467 g/mol. The van der Waals surface area contributed by atoms with Gasteiger partial charge in [0.05, 0.1) is 10.7 Å². The van der Waals surface area contributed by atoms with Crippen LogP contribution < -0.4 is 5.32 Å². The van der Waals surface area contributed by atoms with Gasteiger partial charge in [-0.2, -0.15) is 0 Å². The van der Waals surface area contributed by atoms with Gasteiger partial charge in [-0.3, -0.25) is 4.79 Å². The van der Waals surface area contributed by atoms with Crippen molar-refractivity contribution in [2.75, 3.05) is 5.32 Å². The van der Waals surface area contributed by atoms with E-state index in [4.69, 9.17) is 23.2 Å². The van der Waals surface area contributed by atoms with E-state index in [9.17, 15) is 4.79 Å². The fourth-order valence-electron chi connectivity index (χ4n) is 6.11. The average Bonchev–Trinajstić information content (AvgIpc) is 3.64. The molecule has 3 aliphatic rings. The molecule has 1 aliphatic heterocycles. The molecule has 0 radical (unpaired) electrons. The molecule has 2 aromatic heterocycles. The normalized spacial score (nSPS) is 19.4. The standard InChI is InChI=1S/C26H27Cl2N3O/c1-13-9-20(15(3)30(13)18-5-6-18)26(21-10-14(2)31(16(21)4)19-7-8-19)22-11-17(27)12-23(28)24(22)29-25(26)32/h9-12,18-19H,5-8H2,1-4H3,(H,29,32). The molecule has 1 N–H and O–H groups in total. The Morgan fingerprint density at radius 1 is 0.812 bits per heavy atom. The molecule has 2 aliphatic carbocycles. The van der Waals surface area contributed by atoms with E-state index in [2.05, 4.69) is 54.3 Å². The van der Waals surface area contributed by atoms with Crippen molar-refractivity contribution in [3.8, 4) is 0 Å². The summed E-state index contributed by atoms with van der Waals surface area (Å²) in [6.07, 6.45) is 4.78. The number of anilines is 1. The minimum Gasteiger partial charge on any atom is -0.346 e. The highest BCUT2D eigenvalue weighted by molar-refractivity contribution is 6.38. The number of amides is 1. The third-order valence-electron chi connectivity index (χ3n) is 7.64. The van der Waals surface area contributed by atoms with E-state index in [1.807, 2.05) is 6.07 Å². The molecule has 2 fully saturated rings. The lowest BCUT2D eigenvalue weighted by molar-refractivity contribution is -0.118. The second kappa shape index (κ2) is 6.68. The van der Waals surface area contributed by atoms with Crippen molar-refractivity contribution in [1.82, 2.24) is 9.13 Å². The summed E-state index contributed by atoms with van der Waals surface area (Å²) >= 11 is 13.1. The van der Waals surface area contributed by atoms with Crippen molar-refractivity contribution in [2.24, 2.45) is 0 Å². The van der Waals surface area contributed by atoms with Crippen molar-refractivity contribution in [1.29, 1.82) is 0 Å². The first-order valence-electron chi connectivity index (χ1n) is 11.4. The lowest BCUT2D eigenvalue weighted by Crippen LogP contribution is -2.38. The molecular formula is C26H27Cl2N3O. The van der Waals surface area contributed by atoms with Gasteiger partial charge in [-0.05, 0) is 88.8 Å². The summed E-state index contributed by atoms with van der Waals surface area (Å²) < 4.78 is 4.82. The van der Waals surface area contributed by atoms with E-state index in [1.54, 1.807) is 6.07 Å². The van der Waals surface area contributed by atoms with E-state index in [1.165, 1.54) is 37.1 Å². The summed E-state index contributed by atoms with van der Waals surface area (Å²) in [6, 6.07) is 9.12. The number of carbonyl (C=O) groups is 1. The summed E-state index contributed by atoms with van der Waals surface area (Å²) in [5.74, 6) is -0.0521. The number of benzene rings is 1. The largest absolute Gasteiger partial charge is 0.346 e. The summed E-state index contributed by atoms with van der Waals surface area (Å²) in [6.45, 7) is 8.60. The highest BCUT2D eigenvalue weighted by Gasteiger charge is 2.54. The van der Waals surface area contributed by atoms with Gasteiger partial charge in [-0.1, -0.05) is 23.2 Å². The van der Waals surface area contributed by atoms with Gasteiger partial charge in [0.2, 0.25) is 5.91 Å². The zero-order chi connectivity index (χ0) is 22.5. The van der Waals surface area contributed by atoms with Crippen LogP contribution in [0.3, 0.4) is 0 Å². The predicted molar refractivity (Wildman–Crippen MR) is 129 cm³/mol. The van der Waals surface area contributed by atoms with Crippen LogP contribution in [0.1, 0.15) is 77.2 Å². The minimum atomic E-state index is -0.978. The number of hydrogen-bond acceptors (Lipinski definition) is 1. The van der Waals surface area contributed by atoms with Crippen LogP contribution in [0.5, 0.6) is 0 Å². The molecule has 0 atom stereocenters. The Labute approximate surface area is 198 Å². The molecule has 166 valence electrons. The van der Waals surface area contributed by atoms with Gasteiger partial charge in [0, 0.05) is 45.4 Å². The molecule has 32 heavy (non-hydrogen) atoms. The second-order valence-corrected chi connectivity index (χ2v) is 10.6. The average molecular weight is 468 g/mol. The number of nitrogens with one attached hydrogen (secondary N) is 1. The molecule has 3 aromatic rings. The van der Waals surface area contributed by atoms with E-state index in [0.29, 0.717) is 27.8 Å². The van der Waals surface area contributed by atoms with Gasteiger partial charge in [-0.15, -0.1) is 0 Å². The maximum atomic E-state index is 14.1. The van der Waals surface area contributed by atoms with Gasteiger partial charge in [0.15, 0.2) is 0 Å². The van der Waals surface area contributed by atoms with Crippen molar-refractivity contribution in [3.63, 3.8) is 0 Å². The van der Waals surface area contributed by atoms with Crippen LogP contribution in [-0.4, -0.2) is 15.0 Å². The van der Waals surface area contributed by atoms with Gasteiger partial charge in [-0.25, -0.2) is 0 Å². The topological polar surface area (TPSA) is 39.0 Å². The molecular weight excluding hydrogens is 441 g/mol. The lowest BCUT2D eigenvalue weighted by Gasteiger charge is -2.29. The number of carbonyl (C=O) groups excluding carboxylic acids is 1.